The molecule has 5 nitrogen and oxygen atoms in total. The first kappa shape index (κ1) is 19.3. The highest BCUT2D eigenvalue weighted by molar-refractivity contribution is 6.01. The zero-order chi connectivity index (χ0) is 20.2. The number of amides is 1. The molecule has 0 aromatic heterocycles. The molecule has 1 amide bonds. The maximum absolute atomic E-state index is 12.8. The van der Waals surface area contributed by atoms with Crippen LogP contribution in [-0.4, -0.2) is 51.1 Å². The van der Waals surface area contributed by atoms with E-state index < -0.39 is 0 Å². The lowest BCUT2D eigenvalue weighted by molar-refractivity contribution is 0.0948. The van der Waals surface area contributed by atoms with Crippen LogP contribution in [0.5, 0.6) is 5.75 Å². The van der Waals surface area contributed by atoms with Crippen LogP contribution < -0.4 is 15.0 Å². The predicted octanol–water partition coefficient (Wildman–Crippen LogP) is 3.53. The molecule has 0 atom stereocenters. The van der Waals surface area contributed by atoms with Crippen LogP contribution in [0.3, 0.4) is 0 Å². The van der Waals surface area contributed by atoms with Crippen molar-refractivity contribution in [3.63, 3.8) is 0 Å². The summed E-state index contributed by atoms with van der Waals surface area (Å²) in [7, 11) is 3.76. The standard InChI is InChI=1S/C24H27N3O2/c1-26-11-13-27(14-12-26)21-9-7-18(8-10-21)17-25-24(28)22-15-19-5-3-4-6-20(19)16-23(22)29-2/h3-10,15-16H,11-14,17H2,1-2H3,(H,25,28). The van der Waals surface area contributed by atoms with Gasteiger partial charge in [-0.25, -0.2) is 0 Å². The van der Waals surface area contributed by atoms with Gasteiger partial charge >= 0.3 is 0 Å². The smallest absolute Gasteiger partial charge is 0.255 e. The Labute approximate surface area is 171 Å². The summed E-state index contributed by atoms with van der Waals surface area (Å²) in [5.41, 5.74) is 2.88. The molecule has 3 aromatic carbocycles. The summed E-state index contributed by atoms with van der Waals surface area (Å²) in [5.74, 6) is 0.461. The third-order valence-corrected chi connectivity index (χ3v) is 5.57. The highest BCUT2D eigenvalue weighted by Gasteiger charge is 2.15. The number of carbonyl (C=O) groups excluding carboxylic acids is 1. The third kappa shape index (κ3) is 4.35. The first-order valence-corrected chi connectivity index (χ1v) is 10.0. The number of fused-ring (bicyclic) bond motifs is 1. The maximum Gasteiger partial charge on any atom is 0.255 e. The van der Waals surface area contributed by atoms with E-state index in [4.69, 9.17) is 4.74 Å². The van der Waals surface area contributed by atoms with E-state index in [2.05, 4.69) is 46.4 Å². The molecular weight excluding hydrogens is 362 g/mol. The van der Waals surface area contributed by atoms with Gasteiger partial charge in [-0.2, -0.15) is 0 Å². The average Bonchev–Trinajstić information content (AvgIpc) is 2.77. The number of piperazine rings is 1. The quantitative estimate of drug-likeness (QED) is 0.725. The number of hydrogen-bond donors (Lipinski definition) is 1. The Morgan fingerprint density at radius 3 is 2.28 bits per heavy atom. The molecule has 5 heteroatoms. The Morgan fingerprint density at radius 2 is 1.62 bits per heavy atom. The lowest BCUT2D eigenvalue weighted by atomic mass is 10.1. The topological polar surface area (TPSA) is 44.8 Å². The first-order chi connectivity index (χ1) is 14.1. The Bertz CT molecular complexity index is 993. The maximum atomic E-state index is 12.8. The molecule has 3 aromatic rings. The zero-order valence-corrected chi connectivity index (χ0v) is 17.0. The van der Waals surface area contributed by atoms with Crippen LogP contribution in [0.4, 0.5) is 5.69 Å². The number of nitrogens with zero attached hydrogens (tertiary/aromatic N) is 2. The van der Waals surface area contributed by atoms with E-state index in [1.807, 2.05) is 36.4 Å². The fourth-order valence-corrected chi connectivity index (χ4v) is 3.73. The molecule has 1 fully saturated rings. The van der Waals surface area contributed by atoms with Crippen molar-refractivity contribution in [3.05, 3.63) is 71.8 Å². The lowest BCUT2D eigenvalue weighted by Gasteiger charge is -2.34. The van der Waals surface area contributed by atoms with Crippen molar-refractivity contribution in [2.45, 2.75) is 6.54 Å². The third-order valence-electron chi connectivity index (χ3n) is 5.57. The van der Waals surface area contributed by atoms with E-state index in [1.54, 1.807) is 7.11 Å². The molecule has 150 valence electrons. The van der Waals surface area contributed by atoms with Gasteiger partial charge in [0.05, 0.1) is 12.7 Å². The number of anilines is 1. The van der Waals surface area contributed by atoms with Crippen molar-refractivity contribution in [2.75, 3.05) is 45.2 Å². The summed E-state index contributed by atoms with van der Waals surface area (Å²) in [6, 6.07) is 20.2. The number of hydrogen-bond acceptors (Lipinski definition) is 4. The highest BCUT2D eigenvalue weighted by Crippen LogP contribution is 2.26. The normalized spacial score (nSPS) is 14.8. The van der Waals surface area contributed by atoms with Gasteiger partial charge in [0.1, 0.15) is 5.75 Å². The second-order valence-electron chi connectivity index (χ2n) is 7.54. The largest absolute Gasteiger partial charge is 0.496 e. The summed E-state index contributed by atoms with van der Waals surface area (Å²) < 4.78 is 5.45. The van der Waals surface area contributed by atoms with Gasteiger partial charge in [0, 0.05) is 38.4 Å². The molecule has 1 aliphatic rings. The number of likely N-dealkylation sites (N-methyl/N-ethyl adjacent to an activating group) is 1. The van der Waals surface area contributed by atoms with Crippen LogP contribution in [0.25, 0.3) is 10.8 Å². The van der Waals surface area contributed by atoms with Gasteiger partial charge < -0.3 is 19.9 Å². The molecule has 0 spiro atoms. The molecule has 4 rings (SSSR count). The molecule has 1 heterocycles. The summed E-state index contributed by atoms with van der Waals surface area (Å²) in [5, 5.41) is 5.10. The van der Waals surface area contributed by atoms with E-state index in [0.717, 1.165) is 42.5 Å². The van der Waals surface area contributed by atoms with Gasteiger partial charge in [0.2, 0.25) is 0 Å². The van der Waals surface area contributed by atoms with Crippen LogP contribution in [0, 0.1) is 0 Å². The van der Waals surface area contributed by atoms with Gasteiger partial charge in [-0.3, -0.25) is 4.79 Å². The van der Waals surface area contributed by atoms with Crippen LogP contribution >= 0.6 is 0 Å². The molecule has 0 bridgehead atoms. The Kier molecular flexibility index (Phi) is 5.67. The molecule has 29 heavy (non-hydrogen) atoms. The van der Waals surface area contributed by atoms with Crippen molar-refractivity contribution in [1.29, 1.82) is 0 Å². The van der Waals surface area contributed by atoms with E-state index in [0.29, 0.717) is 17.9 Å². The minimum Gasteiger partial charge on any atom is -0.496 e. The fraction of sp³-hybridized carbons (Fsp3) is 0.292. The van der Waals surface area contributed by atoms with Crippen LogP contribution in [0.1, 0.15) is 15.9 Å². The molecule has 1 N–H and O–H groups in total. The number of rotatable bonds is 5. The van der Waals surface area contributed by atoms with E-state index >= 15 is 0 Å². The van der Waals surface area contributed by atoms with Gasteiger partial charge in [-0.15, -0.1) is 0 Å². The van der Waals surface area contributed by atoms with Gasteiger partial charge in [-0.1, -0.05) is 36.4 Å². The fourth-order valence-electron chi connectivity index (χ4n) is 3.73. The van der Waals surface area contributed by atoms with Gasteiger partial charge in [0.25, 0.3) is 5.91 Å². The number of carbonyl (C=O) groups is 1. The highest BCUT2D eigenvalue weighted by atomic mass is 16.5. The summed E-state index contributed by atoms with van der Waals surface area (Å²) >= 11 is 0. The van der Waals surface area contributed by atoms with E-state index in [-0.39, 0.29) is 5.91 Å². The number of methoxy groups -OCH3 is 1. The molecular formula is C24H27N3O2. The Balaban J connectivity index is 1.42. The number of nitrogens with one attached hydrogen (secondary N) is 1. The molecule has 1 aliphatic heterocycles. The molecule has 0 aliphatic carbocycles. The van der Waals surface area contributed by atoms with Crippen molar-refractivity contribution >= 4 is 22.4 Å². The molecule has 0 unspecified atom stereocenters. The second kappa shape index (κ2) is 8.53. The minimum atomic E-state index is -0.129. The van der Waals surface area contributed by atoms with Crippen LogP contribution in [0.2, 0.25) is 0 Å². The number of benzene rings is 3. The van der Waals surface area contributed by atoms with Gasteiger partial charge in [0.15, 0.2) is 0 Å². The average molecular weight is 389 g/mol. The Hall–Kier alpha value is -3.05. The summed E-state index contributed by atoms with van der Waals surface area (Å²) in [6.45, 7) is 4.76. The second-order valence-corrected chi connectivity index (χ2v) is 7.54. The molecule has 0 saturated carbocycles. The Morgan fingerprint density at radius 1 is 0.966 bits per heavy atom. The van der Waals surface area contributed by atoms with E-state index in [1.165, 1.54) is 5.69 Å². The monoisotopic (exact) mass is 389 g/mol. The molecule has 0 radical (unpaired) electrons. The number of ether oxygens (including phenoxy) is 1. The van der Waals surface area contributed by atoms with E-state index in [9.17, 15) is 4.79 Å². The van der Waals surface area contributed by atoms with Crippen molar-refractivity contribution < 1.29 is 9.53 Å². The van der Waals surface area contributed by atoms with Gasteiger partial charge in [-0.05, 0) is 47.6 Å². The predicted molar refractivity (Wildman–Crippen MR) is 118 cm³/mol. The first-order valence-electron chi connectivity index (χ1n) is 10.0. The zero-order valence-electron chi connectivity index (χ0n) is 17.0. The lowest BCUT2D eigenvalue weighted by Crippen LogP contribution is -2.44. The SMILES string of the molecule is COc1cc2ccccc2cc1C(=O)NCc1ccc(N2CCN(C)CC2)cc1. The van der Waals surface area contributed by atoms with Crippen molar-refractivity contribution in [2.24, 2.45) is 0 Å². The van der Waals surface area contributed by atoms with Crippen molar-refractivity contribution in [1.82, 2.24) is 10.2 Å². The van der Waals surface area contributed by atoms with Crippen LogP contribution in [-0.2, 0) is 6.54 Å². The summed E-state index contributed by atoms with van der Waals surface area (Å²) in [4.78, 5) is 17.5. The molecule has 1 saturated heterocycles. The van der Waals surface area contributed by atoms with Crippen molar-refractivity contribution in [3.8, 4) is 5.75 Å². The minimum absolute atomic E-state index is 0.129. The summed E-state index contributed by atoms with van der Waals surface area (Å²) in [6.07, 6.45) is 0. The van der Waals surface area contributed by atoms with Crippen LogP contribution in [0.15, 0.2) is 60.7 Å².